The van der Waals surface area contributed by atoms with Crippen LogP contribution in [0.1, 0.15) is 19.4 Å². The number of amides is 1. The van der Waals surface area contributed by atoms with Crippen molar-refractivity contribution in [3.63, 3.8) is 0 Å². The minimum atomic E-state index is 0.0678. The molecule has 1 saturated heterocycles. The standard InChI is InChI=1S/C13H17NO2S/c1-10-7-14(8-11(2)16-10)13(15)4-3-12-5-6-17-9-12/h3-6,9-11H,7-8H2,1-2H3/b4-3+. The van der Waals surface area contributed by atoms with Crippen LogP contribution >= 0.6 is 11.3 Å². The molecule has 1 aromatic rings. The molecule has 0 spiro atoms. The largest absolute Gasteiger partial charge is 0.372 e. The van der Waals surface area contributed by atoms with Crippen LogP contribution in [0.25, 0.3) is 6.08 Å². The Morgan fingerprint density at radius 1 is 1.47 bits per heavy atom. The molecule has 3 nitrogen and oxygen atoms in total. The highest BCUT2D eigenvalue weighted by Crippen LogP contribution is 2.12. The van der Waals surface area contributed by atoms with Crippen LogP contribution in [0.4, 0.5) is 0 Å². The predicted octanol–water partition coefficient (Wildman–Crippen LogP) is 2.40. The first-order valence-corrected chi connectivity index (χ1v) is 6.74. The van der Waals surface area contributed by atoms with Gasteiger partial charge in [-0.2, -0.15) is 11.3 Å². The lowest BCUT2D eigenvalue weighted by atomic mass is 10.2. The molecule has 0 bridgehead atoms. The third-order valence-electron chi connectivity index (χ3n) is 2.69. The van der Waals surface area contributed by atoms with Crippen molar-refractivity contribution in [3.05, 3.63) is 28.5 Å². The molecule has 1 fully saturated rings. The van der Waals surface area contributed by atoms with Gasteiger partial charge in [0.15, 0.2) is 0 Å². The second kappa shape index (κ2) is 5.47. The maximum Gasteiger partial charge on any atom is 0.246 e. The fourth-order valence-electron chi connectivity index (χ4n) is 2.00. The summed E-state index contributed by atoms with van der Waals surface area (Å²) in [6, 6.07) is 2.00. The summed E-state index contributed by atoms with van der Waals surface area (Å²) in [5.41, 5.74) is 1.08. The number of rotatable bonds is 2. The quantitative estimate of drug-likeness (QED) is 0.755. The van der Waals surface area contributed by atoms with E-state index < -0.39 is 0 Å². The lowest BCUT2D eigenvalue weighted by Gasteiger charge is -2.34. The van der Waals surface area contributed by atoms with Crippen LogP contribution in [-0.2, 0) is 9.53 Å². The molecule has 1 amide bonds. The molecule has 2 unspecified atom stereocenters. The van der Waals surface area contributed by atoms with Crippen LogP contribution in [0.3, 0.4) is 0 Å². The molecule has 1 aliphatic rings. The average molecular weight is 251 g/mol. The van der Waals surface area contributed by atoms with Crippen molar-refractivity contribution >= 4 is 23.3 Å². The number of carbonyl (C=O) groups excluding carboxylic acids is 1. The SMILES string of the molecule is CC1CN(C(=O)/C=C/c2ccsc2)CC(C)O1. The van der Waals surface area contributed by atoms with Gasteiger partial charge in [0.05, 0.1) is 12.2 Å². The van der Waals surface area contributed by atoms with Gasteiger partial charge in [-0.1, -0.05) is 0 Å². The van der Waals surface area contributed by atoms with E-state index in [1.165, 1.54) is 0 Å². The first-order chi connectivity index (χ1) is 8.15. The van der Waals surface area contributed by atoms with Gasteiger partial charge in [-0.05, 0) is 42.3 Å². The lowest BCUT2D eigenvalue weighted by molar-refractivity contribution is -0.137. The van der Waals surface area contributed by atoms with Crippen molar-refractivity contribution in [2.75, 3.05) is 13.1 Å². The zero-order chi connectivity index (χ0) is 12.3. The molecule has 2 rings (SSSR count). The summed E-state index contributed by atoms with van der Waals surface area (Å²) in [5, 5.41) is 4.03. The van der Waals surface area contributed by atoms with E-state index in [4.69, 9.17) is 4.74 Å². The molecule has 0 aliphatic carbocycles. The minimum absolute atomic E-state index is 0.0678. The highest BCUT2D eigenvalue weighted by Gasteiger charge is 2.24. The van der Waals surface area contributed by atoms with E-state index in [2.05, 4.69) is 0 Å². The third-order valence-corrected chi connectivity index (χ3v) is 3.39. The Morgan fingerprint density at radius 3 is 2.76 bits per heavy atom. The van der Waals surface area contributed by atoms with Crippen molar-refractivity contribution in [1.29, 1.82) is 0 Å². The first kappa shape index (κ1) is 12.3. The van der Waals surface area contributed by atoms with Gasteiger partial charge < -0.3 is 9.64 Å². The Labute approximate surface area is 106 Å². The molecule has 0 saturated carbocycles. The Morgan fingerprint density at radius 2 is 2.18 bits per heavy atom. The van der Waals surface area contributed by atoms with Crippen molar-refractivity contribution in [2.45, 2.75) is 26.1 Å². The lowest BCUT2D eigenvalue weighted by Crippen LogP contribution is -2.47. The summed E-state index contributed by atoms with van der Waals surface area (Å²) in [7, 11) is 0. The van der Waals surface area contributed by atoms with E-state index >= 15 is 0 Å². The summed E-state index contributed by atoms with van der Waals surface area (Å²) < 4.78 is 5.60. The fraction of sp³-hybridized carbons (Fsp3) is 0.462. The highest BCUT2D eigenvalue weighted by atomic mass is 32.1. The maximum absolute atomic E-state index is 12.0. The molecule has 1 aliphatic heterocycles. The van der Waals surface area contributed by atoms with Gasteiger partial charge in [-0.15, -0.1) is 0 Å². The molecule has 1 aromatic heterocycles. The van der Waals surface area contributed by atoms with E-state index in [0.717, 1.165) is 5.56 Å². The van der Waals surface area contributed by atoms with Gasteiger partial charge in [0, 0.05) is 19.2 Å². The number of thiophene rings is 1. The molecular formula is C13H17NO2S. The number of hydrogen-bond donors (Lipinski definition) is 0. The summed E-state index contributed by atoms with van der Waals surface area (Å²) >= 11 is 1.63. The van der Waals surface area contributed by atoms with Crippen molar-refractivity contribution < 1.29 is 9.53 Å². The molecular weight excluding hydrogens is 234 g/mol. The molecule has 0 aromatic carbocycles. The van der Waals surface area contributed by atoms with Crippen LogP contribution in [0.2, 0.25) is 0 Å². The first-order valence-electron chi connectivity index (χ1n) is 5.80. The van der Waals surface area contributed by atoms with Gasteiger partial charge in [0.1, 0.15) is 0 Å². The molecule has 0 radical (unpaired) electrons. The van der Waals surface area contributed by atoms with Gasteiger partial charge in [0.2, 0.25) is 5.91 Å². The normalized spacial score (nSPS) is 25.4. The highest BCUT2D eigenvalue weighted by molar-refractivity contribution is 7.08. The van der Waals surface area contributed by atoms with Gasteiger partial charge >= 0.3 is 0 Å². The summed E-state index contributed by atoms with van der Waals surface area (Å²) in [6.07, 6.45) is 3.76. The van der Waals surface area contributed by atoms with Crippen LogP contribution < -0.4 is 0 Å². The summed E-state index contributed by atoms with van der Waals surface area (Å²) in [5.74, 6) is 0.0678. The zero-order valence-electron chi connectivity index (χ0n) is 10.1. The van der Waals surface area contributed by atoms with E-state index in [-0.39, 0.29) is 18.1 Å². The molecule has 4 heteroatoms. The summed E-state index contributed by atoms with van der Waals surface area (Å²) in [4.78, 5) is 13.8. The Bertz CT molecular complexity index is 390. The molecule has 17 heavy (non-hydrogen) atoms. The van der Waals surface area contributed by atoms with Crippen molar-refractivity contribution in [3.8, 4) is 0 Å². The summed E-state index contributed by atoms with van der Waals surface area (Å²) in [6.45, 7) is 5.35. The second-order valence-corrected chi connectivity index (χ2v) is 5.17. The van der Waals surface area contributed by atoms with Gasteiger partial charge in [-0.25, -0.2) is 0 Å². The van der Waals surface area contributed by atoms with Crippen LogP contribution in [-0.4, -0.2) is 36.1 Å². The van der Waals surface area contributed by atoms with Crippen LogP contribution in [0, 0.1) is 0 Å². The number of nitrogens with zero attached hydrogens (tertiary/aromatic N) is 1. The number of ether oxygens (including phenoxy) is 1. The van der Waals surface area contributed by atoms with Crippen LogP contribution in [0.15, 0.2) is 22.9 Å². The smallest absolute Gasteiger partial charge is 0.246 e. The van der Waals surface area contributed by atoms with Crippen molar-refractivity contribution in [1.82, 2.24) is 4.90 Å². The average Bonchev–Trinajstić information content (AvgIpc) is 2.77. The van der Waals surface area contributed by atoms with E-state index in [1.54, 1.807) is 17.4 Å². The topological polar surface area (TPSA) is 29.5 Å². The predicted molar refractivity (Wildman–Crippen MR) is 69.9 cm³/mol. The molecule has 2 atom stereocenters. The number of morpholine rings is 1. The Hall–Kier alpha value is -1.13. The fourth-order valence-corrected chi connectivity index (χ4v) is 2.63. The monoisotopic (exact) mass is 251 g/mol. The van der Waals surface area contributed by atoms with Crippen molar-refractivity contribution in [2.24, 2.45) is 0 Å². The third kappa shape index (κ3) is 3.41. The molecule has 0 N–H and O–H groups in total. The Kier molecular flexibility index (Phi) is 3.97. The number of hydrogen-bond acceptors (Lipinski definition) is 3. The van der Waals surface area contributed by atoms with E-state index in [9.17, 15) is 4.79 Å². The maximum atomic E-state index is 12.0. The molecule has 2 heterocycles. The van der Waals surface area contributed by atoms with E-state index in [0.29, 0.717) is 13.1 Å². The van der Waals surface area contributed by atoms with Gasteiger partial charge in [0.25, 0.3) is 0 Å². The zero-order valence-corrected chi connectivity index (χ0v) is 10.9. The minimum Gasteiger partial charge on any atom is -0.372 e. The number of carbonyl (C=O) groups is 1. The van der Waals surface area contributed by atoms with E-state index in [1.807, 2.05) is 41.6 Å². The Balaban J connectivity index is 1.95. The second-order valence-electron chi connectivity index (χ2n) is 4.39. The van der Waals surface area contributed by atoms with Gasteiger partial charge in [-0.3, -0.25) is 4.79 Å². The van der Waals surface area contributed by atoms with Crippen LogP contribution in [0.5, 0.6) is 0 Å². The molecule has 92 valence electrons.